The van der Waals surface area contributed by atoms with Crippen LogP contribution in [0, 0.1) is 17.8 Å². The first kappa shape index (κ1) is 24.3. The largest absolute Gasteiger partial charge is 0.508 e. The highest BCUT2D eigenvalue weighted by atomic mass is 32.2. The Labute approximate surface area is 228 Å². The van der Waals surface area contributed by atoms with E-state index in [-0.39, 0.29) is 11.3 Å². The number of hydrogen-bond donors (Lipinski definition) is 1. The molecule has 0 spiro atoms. The molecule has 2 aromatic carbocycles. The van der Waals surface area contributed by atoms with E-state index in [1.807, 2.05) is 30.3 Å². The summed E-state index contributed by atoms with van der Waals surface area (Å²) < 4.78 is 11.2. The lowest BCUT2D eigenvalue weighted by molar-refractivity contribution is -0.113. The van der Waals surface area contributed by atoms with E-state index in [0.29, 0.717) is 23.9 Å². The molecule has 0 unspecified atom stereocenters. The zero-order valence-corrected chi connectivity index (χ0v) is 22.6. The second-order valence-corrected chi connectivity index (χ2v) is 12.8. The lowest BCUT2D eigenvalue weighted by Crippen LogP contribution is -2.48. The Morgan fingerprint density at radius 1 is 1.05 bits per heavy atom. The summed E-state index contributed by atoms with van der Waals surface area (Å²) in [6.45, 7) is 2.83. The predicted octanol–water partition coefficient (Wildman–Crippen LogP) is 5.84. The Morgan fingerprint density at radius 2 is 1.76 bits per heavy atom. The van der Waals surface area contributed by atoms with Crippen LogP contribution in [0.3, 0.4) is 0 Å². The molecule has 198 valence electrons. The van der Waals surface area contributed by atoms with Gasteiger partial charge in [0, 0.05) is 24.2 Å². The smallest absolute Gasteiger partial charge is 0.286 e. The Morgan fingerprint density at radius 3 is 2.45 bits per heavy atom. The van der Waals surface area contributed by atoms with Crippen molar-refractivity contribution >= 4 is 28.9 Å². The van der Waals surface area contributed by atoms with Gasteiger partial charge in [-0.1, -0.05) is 12.1 Å². The molecule has 38 heavy (non-hydrogen) atoms. The first-order valence-electron chi connectivity index (χ1n) is 13.9. The lowest BCUT2D eigenvalue weighted by Gasteiger charge is -2.57. The van der Waals surface area contributed by atoms with Crippen molar-refractivity contribution in [1.82, 2.24) is 4.90 Å². The highest BCUT2D eigenvalue weighted by Gasteiger charge is 2.52. The SMILES string of the molecule is COc1ccc(/C=C2\SC(N3CCOCC3)=NC2=O)cc1-c1ccc(O)c(C23CC4CC(CC(C4)C2)C3)c1. The first-order valence-corrected chi connectivity index (χ1v) is 14.7. The van der Waals surface area contributed by atoms with Gasteiger partial charge in [0.05, 0.1) is 25.2 Å². The van der Waals surface area contributed by atoms with E-state index in [9.17, 15) is 9.90 Å². The highest BCUT2D eigenvalue weighted by molar-refractivity contribution is 8.18. The van der Waals surface area contributed by atoms with Crippen molar-refractivity contribution in [2.45, 2.75) is 43.9 Å². The number of methoxy groups -OCH3 is 1. The zero-order chi connectivity index (χ0) is 25.9. The van der Waals surface area contributed by atoms with Crippen LogP contribution in [-0.4, -0.2) is 54.5 Å². The monoisotopic (exact) mass is 530 g/mol. The topological polar surface area (TPSA) is 71.4 Å². The van der Waals surface area contributed by atoms with Gasteiger partial charge in [0.1, 0.15) is 11.5 Å². The summed E-state index contributed by atoms with van der Waals surface area (Å²) in [5, 5.41) is 11.8. The second-order valence-electron chi connectivity index (χ2n) is 11.8. The molecule has 5 fully saturated rings. The average molecular weight is 531 g/mol. The van der Waals surface area contributed by atoms with Crippen molar-refractivity contribution in [3.63, 3.8) is 0 Å². The normalized spacial score (nSPS) is 31.2. The van der Waals surface area contributed by atoms with Gasteiger partial charge in [0.15, 0.2) is 5.17 Å². The van der Waals surface area contributed by atoms with Gasteiger partial charge in [-0.15, -0.1) is 0 Å². The molecular weight excluding hydrogens is 496 g/mol. The van der Waals surface area contributed by atoms with Crippen molar-refractivity contribution in [2.24, 2.45) is 22.7 Å². The molecule has 1 N–H and O–H groups in total. The van der Waals surface area contributed by atoms with Crippen LogP contribution in [0.1, 0.15) is 49.7 Å². The third-order valence-corrected chi connectivity index (χ3v) is 10.4. The third kappa shape index (κ3) is 4.24. The molecule has 7 heteroatoms. The maximum Gasteiger partial charge on any atom is 0.286 e. The van der Waals surface area contributed by atoms with Crippen LogP contribution < -0.4 is 4.74 Å². The summed E-state index contributed by atoms with van der Waals surface area (Å²) in [5.74, 6) is 3.43. The summed E-state index contributed by atoms with van der Waals surface area (Å²) in [6.07, 6.45) is 9.64. The predicted molar refractivity (Wildman–Crippen MR) is 150 cm³/mol. The summed E-state index contributed by atoms with van der Waals surface area (Å²) in [6, 6.07) is 12.1. The molecule has 4 saturated carbocycles. The first-order chi connectivity index (χ1) is 18.5. The van der Waals surface area contributed by atoms with Gasteiger partial charge in [-0.3, -0.25) is 4.79 Å². The van der Waals surface area contributed by atoms with Gasteiger partial charge in [0.25, 0.3) is 5.91 Å². The van der Waals surface area contributed by atoms with E-state index in [1.54, 1.807) is 7.11 Å². The zero-order valence-electron chi connectivity index (χ0n) is 21.8. The van der Waals surface area contributed by atoms with Crippen LogP contribution in [0.2, 0.25) is 0 Å². The number of carbonyl (C=O) groups excluding carboxylic acids is 1. The fraction of sp³-hybridized carbons (Fsp3) is 0.484. The molecule has 4 bridgehead atoms. The number of morpholine rings is 1. The maximum absolute atomic E-state index is 12.7. The Bertz CT molecular complexity index is 1310. The van der Waals surface area contributed by atoms with E-state index in [4.69, 9.17) is 9.47 Å². The van der Waals surface area contributed by atoms with Crippen molar-refractivity contribution in [2.75, 3.05) is 33.4 Å². The van der Waals surface area contributed by atoms with Gasteiger partial charge >= 0.3 is 0 Å². The molecule has 2 heterocycles. The molecule has 8 rings (SSSR count). The van der Waals surface area contributed by atoms with Crippen LogP contribution in [0.25, 0.3) is 17.2 Å². The lowest BCUT2D eigenvalue weighted by atomic mass is 9.48. The van der Waals surface area contributed by atoms with E-state index >= 15 is 0 Å². The minimum Gasteiger partial charge on any atom is -0.508 e. The van der Waals surface area contributed by atoms with Gasteiger partial charge in [0.2, 0.25) is 0 Å². The van der Waals surface area contributed by atoms with Crippen molar-refractivity contribution in [1.29, 1.82) is 0 Å². The number of aromatic hydroxyl groups is 1. The maximum atomic E-state index is 12.7. The quantitative estimate of drug-likeness (QED) is 0.501. The van der Waals surface area contributed by atoms with Gasteiger partial charge in [-0.25, -0.2) is 0 Å². The summed E-state index contributed by atoms with van der Waals surface area (Å²) in [7, 11) is 1.69. The molecule has 1 amide bonds. The van der Waals surface area contributed by atoms with E-state index in [2.05, 4.69) is 22.0 Å². The standard InChI is InChI=1S/C31H34N2O4S/c1-36-27-5-2-19(14-28-29(35)32-30(38-28)33-6-8-37-9-7-33)13-24(27)23-3-4-26(34)25(15-23)31-16-20-10-21(17-31)12-22(11-20)18-31/h2-5,13-15,20-22,34H,6-12,16-18H2,1H3/b28-14-. The number of aliphatic imine (C=N–C) groups is 1. The number of thioether (sulfide) groups is 1. The number of ether oxygens (including phenoxy) is 2. The summed E-state index contributed by atoms with van der Waals surface area (Å²) >= 11 is 1.44. The van der Waals surface area contributed by atoms with Crippen LogP contribution in [-0.2, 0) is 14.9 Å². The van der Waals surface area contributed by atoms with E-state index < -0.39 is 0 Å². The third-order valence-electron chi connectivity index (χ3n) is 9.33. The number of phenols is 1. The average Bonchev–Trinajstić information content (AvgIpc) is 3.28. The fourth-order valence-corrected chi connectivity index (χ4v) is 9.01. The molecule has 0 aromatic heterocycles. The number of benzene rings is 2. The number of amides is 1. The number of hydrogen-bond acceptors (Lipinski definition) is 6. The highest BCUT2D eigenvalue weighted by Crippen LogP contribution is 2.62. The van der Waals surface area contributed by atoms with Gasteiger partial charge in [-0.05, 0) is 115 Å². The van der Waals surface area contributed by atoms with E-state index in [1.165, 1.54) is 50.3 Å². The number of phenolic OH excluding ortho intramolecular Hbond substituents is 1. The molecule has 4 aliphatic carbocycles. The molecule has 2 aliphatic heterocycles. The summed E-state index contributed by atoms with van der Waals surface area (Å²) in [4.78, 5) is 19.8. The molecule has 6 aliphatic rings. The Hall–Kier alpha value is -2.77. The minimum absolute atomic E-state index is 0.0990. The van der Waals surface area contributed by atoms with Crippen LogP contribution in [0.4, 0.5) is 0 Å². The van der Waals surface area contributed by atoms with Crippen LogP contribution in [0.5, 0.6) is 11.5 Å². The van der Waals surface area contributed by atoms with Crippen molar-refractivity contribution in [3.05, 3.63) is 52.4 Å². The van der Waals surface area contributed by atoms with Crippen LogP contribution in [0.15, 0.2) is 46.3 Å². The molecular formula is C31H34N2O4S. The molecule has 0 atom stereocenters. The van der Waals surface area contributed by atoms with Crippen molar-refractivity contribution in [3.8, 4) is 22.6 Å². The van der Waals surface area contributed by atoms with E-state index in [0.717, 1.165) is 64.0 Å². The molecule has 1 saturated heterocycles. The number of amidine groups is 1. The summed E-state index contributed by atoms with van der Waals surface area (Å²) in [5.41, 5.74) is 4.16. The Balaban J connectivity index is 1.21. The molecule has 0 radical (unpaired) electrons. The minimum atomic E-state index is -0.192. The number of rotatable bonds is 4. The fourth-order valence-electron chi connectivity index (χ4n) is 8.05. The van der Waals surface area contributed by atoms with Crippen molar-refractivity contribution < 1.29 is 19.4 Å². The number of carbonyl (C=O) groups is 1. The Kier molecular flexibility index (Phi) is 6.04. The van der Waals surface area contributed by atoms with Gasteiger partial charge < -0.3 is 19.5 Å². The second kappa shape index (κ2) is 9.45. The van der Waals surface area contributed by atoms with Crippen LogP contribution >= 0.6 is 11.8 Å². The molecule has 2 aromatic rings. The molecule has 6 nitrogen and oxygen atoms in total. The van der Waals surface area contributed by atoms with Gasteiger partial charge in [-0.2, -0.15) is 4.99 Å². The number of nitrogens with zero attached hydrogens (tertiary/aromatic N) is 2.